The molecule has 82 valence electrons. The molecule has 0 aliphatic heterocycles. The average molecular weight is 211 g/mol. The third kappa shape index (κ3) is 2.46. The number of hydrogen-bond donors (Lipinski definition) is 3. The van der Waals surface area contributed by atoms with Crippen LogP contribution in [0.15, 0.2) is 6.20 Å². The van der Waals surface area contributed by atoms with Crippen LogP contribution in [0.1, 0.15) is 17.4 Å². The minimum atomic E-state index is -0.751. The minimum Gasteiger partial charge on any atom is -0.396 e. The lowest BCUT2D eigenvalue weighted by Gasteiger charge is -2.08. The standard InChI is InChI=1S/C8H13N5O2/c1-4(7(10)14)11-8(15)6-5(9)3-13(2)12-6/h3-4H,9H2,1-2H3,(H2,10,14)(H,11,15). The maximum atomic E-state index is 11.5. The van der Waals surface area contributed by atoms with Crippen LogP contribution in [0.3, 0.4) is 0 Å². The Balaban J connectivity index is 2.77. The highest BCUT2D eigenvalue weighted by Gasteiger charge is 2.18. The van der Waals surface area contributed by atoms with E-state index in [2.05, 4.69) is 10.4 Å². The fraction of sp³-hybridized carbons (Fsp3) is 0.375. The molecule has 0 aliphatic rings. The molecule has 1 heterocycles. The zero-order valence-corrected chi connectivity index (χ0v) is 8.52. The van der Waals surface area contributed by atoms with Gasteiger partial charge >= 0.3 is 0 Å². The number of primary amides is 1. The molecule has 1 atom stereocenters. The molecule has 5 N–H and O–H groups in total. The number of carbonyl (C=O) groups is 2. The second kappa shape index (κ2) is 3.99. The van der Waals surface area contributed by atoms with Gasteiger partial charge in [0.15, 0.2) is 5.69 Å². The van der Waals surface area contributed by atoms with Crippen LogP contribution in [0.5, 0.6) is 0 Å². The van der Waals surface area contributed by atoms with Gasteiger partial charge in [0.2, 0.25) is 5.91 Å². The van der Waals surface area contributed by atoms with Gasteiger partial charge in [-0.3, -0.25) is 14.3 Å². The molecule has 0 radical (unpaired) electrons. The first-order valence-corrected chi connectivity index (χ1v) is 4.31. The predicted molar refractivity (Wildman–Crippen MR) is 53.7 cm³/mol. The van der Waals surface area contributed by atoms with Crippen molar-refractivity contribution < 1.29 is 9.59 Å². The number of aromatic nitrogens is 2. The quantitative estimate of drug-likeness (QED) is 0.570. The summed E-state index contributed by atoms with van der Waals surface area (Å²) in [5.74, 6) is -1.13. The number of nitrogens with zero attached hydrogens (tertiary/aromatic N) is 2. The van der Waals surface area contributed by atoms with E-state index in [-0.39, 0.29) is 11.4 Å². The van der Waals surface area contributed by atoms with E-state index < -0.39 is 17.9 Å². The maximum Gasteiger partial charge on any atom is 0.274 e. The van der Waals surface area contributed by atoms with Crippen molar-refractivity contribution in [1.82, 2.24) is 15.1 Å². The summed E-state index contributed by atoms with van der Waals surface area (Å²) in [6.45, 7) is 1.49. The topological polar surface area (TPSA) is 116 Å². The first-order valence-electron chi connectivity index (χ1n) is 4.31. The Morgan fingerprint density at radius 3 is 2.60 bits per heavy atom. The molecule has 0 aliphatic carbocycles. The Hall–Kier alpha value is -2.05. The normalized spacial score (nSPS) is 12.1. The summed E-state index contributed by atoms with van der Waals surface area (Å²) in [5, 5.41) is 6.23. The molecule has 1 unspecified atom stereocenters. The predicted octanol–water partition coefficient (Wildman–Crippen LogP) is -1.39. The van der Waals surface area contributed by atoms with Crippen LogP contribution < -0.4 is 16.8 Å². The highest BCUT2D eigenvalue weighted by molar-refractivity contribution is 5.99. The fourth-order valence-electron chi connectivity index (χ4n) is 1.02. The largest absolute Gasteiger partial charge is 0.396 e. The highest BCUT2D eigenvalue weighted by atomic mass is 16.2. The van der Waals surface area contributed by atoms with Crippen molar-refractivity contribution >= 4 is 17.5 Å². The number of nitrogens with one attached hydrogen (secondary N) is 1. The summed E-state index contributed by atoms with van der Waals surface area (Å²) in [5.41, 5.74) is 10.9. The second-order valence-corrected chi connectivity index (χ2v) is 3.20. The van der Waals surface area contributed by atoms with Crippen LogP contribution in [0, 0.1) is 0 Å². The van der Waals surface area contributed by atoms with Crippen LogP contribution in [0.4, 0.5) is 5.69 Å². The van der Waals surface area contributed by atoms with Crippen LogP contribution in [-0.2, 0) is 11.8 Å². The SMILES string of the molecule is CC(NC(=O)c1nn(C)cc1N)C(N)=O. The molecule has 7 heteroatoms. The van der Waals surface area contributed by atoms with Gasteiger partial charge in [-0.15, -0.1) is 0 Å². The zero-order chi connectivity index (χ0) is 11.6. The van der Waals surface area contributed by atoms with Gasteiger partial charge in [0, 0.05) is 13.2 Å². The zero-order valence-electron chi connectivity index (χ0n) is 8.52. The molecule has 1 rings (SSSR count). The summed E-state index contributed by atoms with van der Waals surface area (Å²) < 4.78 is 1.42. The molecule has 2 amide bonds. The molecule has 0 saturated heterocycles. The summed E-state index contributed by atoms with van der Waals surface area (Å²) >= 11 is 0. The fourth-order valence-corrected chi connectivity index (χ4v) is 1.02. The van der Waals surface area contributed by atoms with Crippen molar-refractivity contribution in [3.63, 3.8) is 0 Å². The smallest absolute Gasteiger partial charge is 0.274 e. The highest BCUT2D eigenvalue weighted by Crippen LogP contribution is 2.07. The Kier molecular flexibility index (Phi) is 2.93. The van der Waals surface area contributed by atoms with Crippen molar-refractivity contribution in [2.45, 2.75) is 13.0 Å². The van der Waals surface area contributed by atoms with E-state index in [1.54, 1.807) is 7.05 Å². The number of hydrogen-bond acceptors (Lipinski definition) is 4. The van der Waals surface area contributed by atoms with Gasteiger partial charge in [-0.1, -0.05) is 0 Å². The summed E-state index contributed by atoms with van der Waals surface area (Å²) in [6.07, 6.45) is 1.50. The lowest BCUT2D eigenvalue weighted by atomic mass is 10.3. The maximum absolute atomic E-state index is 11.5. The van der Waals surface area contributed by atoms with Crippen LogP contribution in [0.25, 0.3) is 0 Å². The van der Waals surface area contributed by atoms with Gasteiger partial charge in [-0.2, -0.15) is 5.10 Å². The van der Waals surface area contributed by atoms with E-state index in [0.717, 1.165) is 0 Å². The summed E-state index contributed by atoms with van der Waals surface area (Å²) in [4.78, 5) is 22.2. The van der Waals surface area contributed by atoms with Gasteiger partial charge in [0.05, 0.1) is 5.69 Å². The number of amides is 2. The van der Waals surface area contributed by atoms with E-state index in [4.69, 9.17) is 11.5 Å². The van der Waals surface area contributed by atoms with Gasteiger partial charge < -0.3 is 16.8 Å². The third-order valence-corrected chi connectivity index (χ3v) is 1.85. The van der Waals surface area contributed by atoms with E-state index in [0.29, 0.717) is 0 Å². The third-order valence-electron chi connectivity index (χ3n) is 1.85. The molecule has 0 spiro atoms. The van der Waals surface area contributed by atoms with E-state index in [9.17, 15) is 9.59 Å². The molecule has 0 bridgehead atoms. The lowest BCUT2D eigenvalue weighted by Crippen LogP contribution is -2.42. The minimum absolute atomic E-state index is 0.0885. The van der Waals surface area contributed by atoms with Gasteiger partial charge in [0.1, 0.15) is 6.04 Å². The molecule has 1 aromatic heterocycles. The lowest BCUT2D eigenvalue weighted by molar-refractivity contribution is -0.119. The van der Waals surface area contributed by atoms with Crippen LogP contribution >= 0.6 is 0 Å². The number of nitrogens with two attached hydrogens (primary N) is 2. The van der Waals surface area contributed by atoms with Gasteiger partial charge in [0.25, 0.3) is 5.91 Å². The van der Waals surface area contributed by atoms with E-state index in [1.807, 2.05) is 0 Å². The summed E-state index contributed by atoms with van der Waals surface area (Å²) in [7, 11) is 1.64. The van der Waals surface area contributed by atoms with Crippen molar-refractivity contribution in [2.75, 3.05) is 5.73 Å². The number of aryl methyl sites for hydroxylation is 1. The molecule has 0 saturated carbocycles. The van der Waals surface area contributed by atoms with Crippen molar-refractivity contribution in [3.8, 4) is 0 Å². The number of nitrogen functional groups attached to an aromatic ring is 1. The molecule has 15 heavy (non-hydrogen) atoms. The van der Waals surface area contributed by atoms with Crippen LogP contribution in [0.2, 0.25) is 0 Å². The number of anilines is 1. The Labute approximate surface area is 86.4 Å². The van der Waals surface area contributed by atoms with Gasteiger partial charge in [-0.05, 0) is 6.92 Å². The van der Waals surface area contributed by atoms with Crippen molar-refractivity contribution in [2.24, 2.45) is 12.8 Å². The molecular formula is C8H13N5O2. The molecule has 0 fully saturated rings. The Morgan fingerprint density at radius 1 is 1.60 bits per heavy atom. The molecule has 0 aromatic carbocycles. The molecular weight excluding hydrogens is 198 g/mol. The van der Waals surface area contributed by atoms with E-state index in [1.165, 1.54) is 17.8 Å². The van der Waals surface area contributed by atoms with Gasteiger partial charge in [-0.25, -0.2) is 0 Å². The van der Waals surface area contributed by atoms with Crippen molar-refractivity contribution in [3.05, 3.63) is 11.9 Å². The second-order valence-electron chi connectivity index (χ2n) is 3.20. The van der Waals surface area contributed by atoms with E-state index >= 15 is 0 Å². The van der Waals surface area contributed by atoms with Crippen molar-refractivity contribution in [1.29, 1.82) is 0 Å². The monoisotopic (exact) mass is 211 g/mol. The Morgan fingerprint density at radius 2 is 2.20 bits per heavy atom. The average Bonchev–Trinajstić information content (AvgIpc) is 2.44. The summed E-state index contributed by atoms with van der Waals surface area (Å²) in [6, 6.07) is -0.751. The molecule has 7 nitrogen and oxygen atoms in total. The molecule has 1 aromatic rings. The Bertz CT molecular complexity index is 398. The number of rotatable bonds is 3. The first-order chi connectivity index (χ1) is 6.91. The first kappa shape index (κ1) is 11.0. The number of carbonyl (C=O) groups excluding carboxylic acids is 2. The van der Waals surface area contributed by atoms with Crippen LogP contribution in [-0.4, -0.2) is 27.6 Å².